The maximum absolute atomic E-state index is 5.84. The van der Waals surface area contributed by atoms with Crippen LogP contribution in [0.25, 0.3) is 22.8 Å². The Morgan fingerprint density at radius 3 is 2.59 bits per heavy atom. The molecule has 1 aromatic carbocycles. The Morgan fingerprint density at radius 1 is 1.06 bits per heavy atom. The standard InChI is InChI=1S/C14H11NOS/c1-10-13(12-7-8-17-9-12)16-14(15-10)11-5-3-2-4-6-11/h2-9H,1H3. The normalized spacial score (nSPS) is 10.6. The van der Waals surface area contributed by atoms with Crippen LogP contribution in [0, 0.1) is 6.92 Å². The number of rotatable bonds is 2. The number of thiophene rings is 1. The monoisotopic (exact) mass is 241 g/mol. The van der Waals surface area contributed by atoms with Crippen molar-refractivity contribution in [3.05, 3.63) is 52.9 Å². The van der Waals surface area contributed by atoms with Crippen molar-refractivity contribution >= 4 is 11.3 Å². The van der Waals surface area contributed by atoms with Crippen molar-refractivity contribution in [3.8, 4) is 22.8 Å². The van der Waals surface area contributed by atoms with Crippen LogP contribution >= 0.6 is 11.3 Å². The van der Waals surface area contributed by atoms with Gasteiger partial charge >= 0.3 is 0 Å². The summed E-state index contributed by atoms with van der Waals surface area (Å²) in [4.78, 5) is 4.47. The highest BCUT2D eigenvalue weighted by molar-refractivity contribution is 7.08. The van der Waals surface area contributed by atoms with Crippen molar-refractivity contribution in [2.24, 2.45) is 0 Å². The molecule has 0 aliphatic rings. The molecule has 0 unspecified atom stereocenters. The van der Waals surface area contributed by atoms with Crippen LogP contribution < -0.4 is 0 Å². The summed E-state index contributed by atoms with van der Waals surface area (Å²) in [5, 5.41) is 4.11. The van der Waals surface area contributed by atoms with Crippen LogP contribution in [0.2, 0.25) is 0 Å². The van der Waals surface area contributed by atoms with Crippen LogP contribution in [-0.4, -0.2) is 4.98 Å². The van der Waals surface area contributed by atoms with E-state index in [0.29, 0.717) is 5.89 Å². The van der Waals surface area contributed by atoms with Crippen molar-refractivity contribution in [1.29, 1.82) is 0 Å². The van der Waals surface area contributed by atoms with Gasteiger partial charge in [-0.25, -0.2) is 4.98 Å². The molecule has 0 fully saturated rings. The molecule has 0 spiro atoms. The van der Waals surface area contributed by atoms with Gasteiger partial charge in [0.2, 0.25) is 5.89 Å². The molecular formula is C14H11NOS. The quantitative estimate of drug-likeness (QED) is 0.665. The number of hydrogen-bond acceptors (Lipinski definition) is 3. The number of benzene rings is 1. The molecule has 0 saturated carbocycles. The maximum Gasteiger partial charge on any atom is 0.226 e. The van der Waals surface area contributed by atoms with E-state index in [1.165, 1.54) is 0 Å². The zero-order valence-corrected chi connectivity index (χ0v) is 10.2. The molecule has 0 saturated heterocycles. The predicted octanol–water partition coefficient (Wildman–Crippen LogP) is 4.38. The summed E-state index contributed by atoms with van der Waals surface area (Å²) in [7, 11) is 0. The lowest BCUT2D eigenvalue weighted by Crippen LogP contribution is -1.76. The van der Waals surface area contributed by atoms with E-state index in [4.69, 9.17) is 4.42 Å². The molecule has 0 radical (unpaired) electrons. The molecule has 2 heterocycles. The van der Waals surface area contributed by atoms with Crippen LogP contribution in [-0.2, 0) is 0 Å². The molecule has 0 bridgehead atoms. The Hall–Kier alpha value is -1.87. The lowest BCUT2D eigenvalue weighted by atomic mass is 10.2. The van der Waals surface area contributed by atoms with E-state index < -0.39 is 0 Å². The summed E-state index contributed by atoms with van der Waals surface area (Å²) in [6, 6.07) is 12.0. The van der Waals surface area contributed by atoms with Crippen LogP contribution in [0.4, 0.5) is 0 Å². The zero-order valence-electron chi connectivity index (χ0n) is 9.38. The number of oxazole rings is 1. The Kier molecular flexibility index (Phi) is 2.53. The lowest BCUT2D eigenvalue weighted by Gasteiger charge is -1.93. The largest absolute Gasteiger partial charge is 0.436 e. The highest BCUT2D eigenvalue weighted by Crippen LogP contribution is 2.30. The van der Waals surface area contributed by atoms with Crippen molar-refractivity contribution in [1.82, 2.24) is 4.98 Å². The number of nitrogens with zero attached hydrogens (tertiary/aromatic N) is 1. The smallest absolute Gasteiger partial charge is 0.226 e. The highest BCUT2D eigenvalue weighted by Gasteiger charge is 2.12. The third-order valence-corrected chi connectivity index (χ3v) is 3.28. The Bertz CT molecular complexity index is 611. The first-order valence-electron chi connectivity index (χ1n) is 5.40. The molecule has 2 aromatic heterocycles. The molecule has 3 rings (SSSR count). The number of aryl methyl sites for hydroxylation is 1. The van der Waals surface area contributed by atoms with Gasteiger partial charge in [-0.3, -0.25) is 0 Å². The fourth-order valence-corrected chi connectivity index (χ4v) is 2.40. The number of aromatic nitrogens is 1. The average Bonchev–Trinajstić information content (AvgIpc) is 2.99. The van der Waals surface area contributed by atoms with Gasteiger partial charge in [-0.1, -0.05) is 18.2 Å². The predicted molar refractivity (Wildman–Crippen MR) is 70.0 cm³/mol. The van der Waals surface area contributed by atoms with Crippen LogP contribution in [0.3, 0.4) is 0 Å². The van der Waals surface area contributed by atoms with E-state index in [0.717, 1.165) is 22.6 Å². The minimum absolute atomic E-state index is 0.685. The Morgan fingerprint density at radius 2 is 1.88 bits per heavy atom. The van der Waals surface area contributed by atoms with Gasteiger partial charge in [-0.15, -0.1) is 0 Å². The van der Waals surface area contributed by atoms with Crippen LogP contribution in [0.1, 0.15) is 5.69 Å². The lowest BCUT2D eigenvalue weighted by molar-refractivity contribution is 0.588. The van der Waals surface area contributed by atoms with Gasteiger partial charge in [0.05, 0.1) is 5.69 Å². The van der Waals surface area contributed by atoms with Crippen molar-refractivity contribution in [2.75, 3.05) is 0 Å². The summed E-state index contributed by atoms with van der Waals surface area (Å²) in [6.07, 6.45) is 0. The van der Waals surface area contributed by atoms with E-state index in [1.807, 2.05) is 48.7 Å². The second kappa shape index (κ2) is 4.18. The van der Waals surface area contributed by atoms with E-state index in [2.05, 4.69) is 10.4 Å². The third kappa shape index (κ3) is 1.89. The van der Waals surface area contributed by atoms with Crippen molar-refractivity contribution in [3.63, 3.8) is 0 Å². The average molecular weight is 241 g/mol. The minimum atomic E-state index is 0.685. The van der Waals surface area contributed by atoms with Gasteiger partial charge in [0.25, 0.3) is 0 Å². The fraction of sp³-hybridized carbons (Fsp3) is 0.0714. The van der Waals surface area contributed by atoms with Crippen LogP contribution in [0.5, 0.6) is 0 Å². The van der Waals surface area contributed by atoms with Gasteiger partial charge in [0.15, 0.2) is 5.76 Å². The molecule has 0 atom stereocenters. The van der Waals surface area contributed by atoms with Crippen molar-refractivity contribution < 1.29 is 4.42 Å². The van der Waals surface area contributed by atoms with E-state index in [9.17, 15) is 0 Å². The Labute approximate surface area is 104 Å². The van der Waals surface area contributed by atoms with Gasteiger partial charge < -0.3 is 4.42 Å². The van der Waals surface area contributed by atoms with Gasteiger partial charge in [-0.05, 0) is 30.5 Å². The number of hydrogen-bond donors (Lipinski definition) is 0. The molecule has 17 heavy (non-hydrogen) atoms. The maximum atomic E-state index is 5.84. The molecule has 0 aliphatic carbocycles. The first-order chi connectivity index (χ1) is 8.34. The summed E-state index contributed by atoms with van der Waals surface area (Å²) < 4.78 is 5.84. The van der Waals surface area contributed by atoms with E-state index >= 15 is 0 Å². The second-order valence-electron chi connectivity index (χ2n) is 3.81. The van der Waals surface area contributed by atoms with Gasteiger partial charge in [0.1, 0.15) is 0 Å². The molecule has 84 valence electrons. The molecule has 3 aromatic rings. The van der Waals surface area contributed by atoms with Crippen LogP contribution in [0.15, 0.2) is 51.6 Å². The van der Waals surface area contributed by atoms with Gasteiger partial charge in [-0.2, -0.15) is 11.3 Å². The third-order valence-electron chi connectivity index (χ3n) is 2.60. The van der Waals surface area contributed by atoms with Gasteiger partial charge in [0, 0.05) is 16.5 Å². The first-order valence-corrected chi connectivity index (χ1v) is 6.34. The minimum Gasteiger partial charge on any atom is -0.436 e. The zero-order chi connectivity index (χ0) is 11.7. The molecule has 0 N–H and O–H groups in total. The molecule has 2 nitrogen and oxygen atoms in total. The topological polar surface area (TPSA) is 26.0 Å². The summed E-state index contributed by atoms with van der Waals surface area (Å²) in [6.45, 7) is 1.98. The Balaban J connectivity index is 2.08. The second-order valence-corrected chi connectivity index (χ2v) is 4.59. The first kappa shape index (κ1) is 10.3. The summed E-state index contributed by atoms with van der Waals surface area (Å²) >= 11 is 1.66. The van der Waals surface area contributed by atoms with E-state index in [1.54, 1.807) is 11.3 Å². The highest BCUT2D eigenvalue weighted by atomic mass is 32.1. The van der Waals surface area contributed by atoms with E-state index in [-0.39, 0.29) is 0 Å². The molecule has 3 heteroatoms. The summed E-state index contributed by atoms with van der Waals surface area (Å²) in [5.41, 5.74) is 3.04. The molecule has 0 aliphatic heterocycles. The molecule has 0 amide bonds. The fourth-order valence-electron chi connectivity index (χ4n) is 1.76. The van der Waals surface area contributed by atoms with Crippen molar-refractivity contribution in [2.45, 2.75) is 6.92 Å². The molecular weight excluding hydrogens is 230 g/mol. The SMILES string of the molecule is Cc1nc(-c2ccccc2)oc1-c1ccsc1. The summed E-state index contributed by atoms with van der Waals surface area (Å²) in [5.74, 6) is 1.55.